The van der Waals surface area contributed by atoms with Crippen molar-refractivity contribution in [2.75, 3.05) is 33.0 Å². The third-order valence-electron chi connectivity index (χ3n) is 2.07. The van der Waals surface area contributed by atoms with E-state index in [2.05, 4.69) is 0 Å². The number of hydrogen-bond acceptors (Lipinski definition) is 6. The van der Waals surface area contributed by atoms with Crippen molar-refractivity contribution in [2.24, 2.45) is 5.41 Å². The van der Waals surface area contributed by atoms with Crippen LogP contribution in [0.1, 0.15) is 20.3 Å². The molecule has 0 saturated heterocycles. The van der Waals surface area contributed by atoms with E-state index in [-0.39, 0.29) is 6.61 Å². The van der Waals surface area contributed by atoms with Gasteiger partial charge in [0, 0.05) is 6.61 Å². The minimum absolute atomic E-state index is 0.0590. The third kappa shape index (κ3) is 9.02. The predicted molar refractivity (Wildman–Crippen MR) is 58.8 cm³/mol. The topological polar surface area (TPSA) is 121 Å². The Labute approximate surface area is 95.8 Å². The second-order valence-electron chi connectivity index (χ2n) is 4.42. The van der Waals surface area contributed by atoms with E-state index in [1.807, 2.05) is 0 Å². The molecule has 0 aliphatic carbocycles. The van der Waals surface area contributed by atoms with Crippen molar-refractivity contribution in [3.05, 3.63) is 0 Å². The summed E-state index contributed by atoms with van der Waals surface area (Å²) in [6.07, 6.45) is 0.451. The zero-order chi connectivity index (χ0) is 13.2. The van der Waals surface area contributed by atoms with Crippen molar-refractivity contribution in [3.63, 3.8) is 0 Å². The molecule has 16 heavy (non-hydrogen) atoms. The lowest BCUT2D eigenvalue weighted by atomic mass is 9.93. The van der Waals surface area contributed by atoms with Crippen molar-refractivity contribution in [1.82, 2.24) is 0 Å². The number of hydrogen-bond donors (Lipinski definition) is 6. The van der Waals surface area contributed by atoms with Crippen LogP contribution in [0.4, 0.5) is 0 Å². The lowest BCUT2D eigenvalue weighted by Gasteiger charge is -2.23. The zero-order valence-electron chi connectivity index (χ0n) is 9.93. The molecule has 0 saturated carbocycles. The maximum Gasteiger partial charge on any atom is 0.0627 e. The summed E-state index contributed by atoms with van der Waals surface area (Å²) in [6, 6.07) is 0. The standard InChI is InChI=1S/C5H12O4.C5H12O2/c6-1-5(2-7,3-8)4-9;1-5(2,7)3-4-6/h6-9H,1-4H2;6-7H,3-4H2,1-2H3. The molecule has 0 aliphatic heterocycles. The Morgan fingerprint density at radius 1 is 0.750 bits per heavy atom. The summed E-state index contributed by atoms with van der Waals surface area (Å²) < 4.78 is 0. The molecule has 0 fully saturated rings. The van der Waals surface area contributed by atoms with Crippen LogP contribution in [-0.4, -0.2) is 69.3 Å². The molecule has 0 aliphatic rings. The molecule has 0 aromatic carbocycles. The fourth-order valence-electron chi connectivity index (χ4n) is 0.574. The zero-order valence-corrected chi connectivity index (χ0v) is 9.93. The van der Waals surface area contributed by atoms with Gasteiger partial charge in [-0.3, -0.25) is 0 Å². The Hall–Kier alpha value is -0.240. The second-order valence-corrected chi connectivity index (χ2v) is 4.42. The average molecular weight is 240 g/mol. The molecule has 0 aromatic heterocycles. The summed E-state index contributed by atoms with van der Waals surface area (Å²) in [7, 11) is 0. The fraction of sp³-hybridized carbons (Fsp3) is 1.00. The minimum Gasteiger partial charge on any atom is -0.396 e. The van der Waals surface area contributed by atoms with Crippen LogP contribution in [0.15, 0.2) is 0 Å². The highest BCUT2D eigenvalue weighted by molar-refractivity contribution is 4.74. The summed E-state index contributed by atoms with van der Waals surface area (Å²) in [6.45, 7) is 1.77. The van der Waals surface area contributed by atoms with Crippen molar-refractivity contribution in [1.29, 1.82) is 0 Å². The van der Waals surface area contributed by atoms with Crippen LogP contribution in [0, 0.1) is 5.41 Å². The monoisotopic (exact) mass is 240 g/mol. The second kappa shape index (κ2) is 8.86. The van der Waals surface area contributed by atoms with Gasteiger partial charge in [0.15, 0.2) is 0 Å². The summed E-state index contributed by atoms with van der Waals surface area (Å²) in [5.41, 5.74) is -1.81. The number of aliphatic hydroxyl groups excluding tert-OH is 5. The van der Waals surface area contributed by atoms with Gasteiger partial charge in [0.2, 0.25) is 0 Å². The summed E-state index contributed by atoms with van der Waals surface area (Å²) in [5, 5.41) is 51.1. The van der Waals surface area contributed by atoms with E-state index in [0.29, 0.717) is 6.42 Å². The van der Waals surface area contributed by atoms with Gasteiger partial charge in [-0.1, -0.05) is 0 Å². The molecule has 0 rings (SSSR count). The summed E-state index contributed by atoms with van der Waals surface area (Å²) >= 11 is 0. The SMILES string of the molecule is CC(C)(O)CCO.OCC(CO)(CO)CO. The Balaban J connectivity index is 0. The minimum atomic E-state index is -1.11. The molecular weight excluding hydrogens is 216 g/mol. The van der Waals surface area contributed by atoms with E-state index < -0.39 is 37.4 Å². The van der Waals surface area contributed by atoms with Gasteiger partial charge in [-0.05, 0) is 20.3 Å². The van der Waals surface area contributed by atoms with E-state index >= 15 is 0 Å². The van der Waals surface area contributed by atoms with Gasteiger partial charge in [-0.2, -0.15) is 0 Å². The highest BCUT2D eigenvalue weighted by atomic mass is 16.3. The highest BCUT2D eigenvalue weighted by Gasteiger charge is 2.26. The molecule has 0 atom stereocenters. The van der Waals surface area contributed by atoms with E-state index in [1.165, 1.54) is 0 Å². The summed E-state index contributed by atoms with van der Waals surface area (Å²) in [5.74, 6) is 0. The van der Waals surface area contributed by atoms with Crippen LogP contribution in [0.2, 0.25) is 0 Å². The molecule has 0 unspecified atom stereocenters. The molecule has 0 aromatic rings. The first-order chi connectivity index (χ1) is 7.30. The van der Waals surface area contributed by atoms with E-state index in [4.69, 9.17) is 30.6 Å². The van der Waals surface area contributed by atoms with Crippen molar-refractivity contribution in [2.45, 2.75) is 25.9 Å². The van der Waals surface area contributed by atoms with Crippen LogP contribution < -0.4 is 0 Å². The van der Waals surface area contributed by atoms with Gasteiger partial charge < -0.3 is 30.6 Å². The Morgan fingerprint density at radius 3 is 1.06 bits per heavy atom. The molecule has 0 bridgehead atoms. The Bertz CT molecular complexity index is 132. The van der Waals surface area contributed by atoms with Gasteiger partial charge in [-0.25, -0.2) is 0 Å². The van der Waals surface area contributed by atoms with E-state index in [9.17, 15) is 0 Å². The molecule has 0 spiro atoms. The molecule has 6 N–H and O–H groups in total. The van der Waals surface area contributed by atoms with Crippen LogP contribution in [0.5, 0.6) is 0 Å². The number of rotatable bonds is 6. The molecule has 0 heterocycles. The van der Waals surface area contributed by atoms with E-state index in [1.54, 1.807) is 13.8 Å². The first-order valence-electron chi connectivity index (χ1n) is 5.07. The highest BCUT2D eigenvalue weighted by Crippen LogP contribution is 2.11. The molecule has 0 radical (unpaired) electrons. The number of aliphatic hydroxyl groups is 6. The third-order valence-corrected chi connectivity index (χ3v) is 2.07. The normalized spacial score (nSPS) is 12.0. The van der Waals surface area contributed by atoms with Crippen molar-refractivity contribution in [3.8, 4) is 0 Å². The van der Waals surface area contributed by atoms with Gasteiger partial charge in [0.1, 0.15) is 0 Å². The largest absolute Gasteiger partial charge is 0.396 e. The molecule has 6 heteroatoms. The first kappa shape index (κ1) is 18.1. The molecule has 0 amide bonds. The van der Waals surface area contributed by atoms with Crippen LogP contribution >= 0.6 is 0 Å². The lowest BCUT2D eigenvalue weighted by Crippen LogP contribution is -2.37. The Morgan fingerprint density at radius 2 is 1.06 bits per heavy atom. The van der Waals surface area contributed by atoms with Gasteiger partial charge in [0.25, 0.3) is 0 Å². The van der Waals surface area contributed by atoms with Gasteiger partial charge >= 0.3 is 0 Å². The van der Waals surface area contributed by atoms with Crippen LogP contribution in [-0.2, 0) is 0 Å². The van der Waals surface area contributed by atoms with Gasteiger partial charge in [-0.15, -0.1) is 0 Å². The maximum absolute atomic E-state index is 8.86. The van der Waals surface area contributed by atoms with Crippen LogP contribution in [0.25, 0.3) is 0 Å². The maximum atomic E-state index is 8.86. The molecule has 100 valence electrons. The van der Waals surface area contributed by atoms with E-state index in [0.717, 1.165) is 0 Å². The van der Waals surface area contributed by atoms with Gasteiger partial charge in [0.05, 0.1) is 37.4 Å². The average Bonchev–Trinajstić information content (AvgIpc) is 2.21. The summed E-state index contributed by atoms with van der Waals surface area (Å²) in [4.78, 5) is 0. The fourth-order valence-corrected chi connectivity index (χ4v) is 0.574. The van der Waals surface area contributed by atoms with Crippen molar-refractivity contribution >= 4 is 0 Å². The van der Waals surface area contributed by atoms with Crippen molar-refractivity contribution < 1.29 is 30.6 Å². The molecular formula is C10H24O6. The predicted octanol–water partition coefficient (Wildman–Crippen LogP) is -1.92. The quantitative estimate of drug-likeness (QED) is 0.322. The smallest absolute Gasteiger partial charge is 0.0627 e. The van der Waals surface area contributed by atoms with Crippen LogP contribution in [0.3, 0.4) is 0 Å². The molecule has 6 nitrogen and oxygen atoms in total. The Kier molecular flexibility index (Phi) is 10.0. The first-order valence-corrected chi connectivity index (χ1v) is 5.07. The lowest BCUT2D eigenvalue weighted by molar-refractivity contribution is -0.0328.